The van der Waals surface area contributed by atoms with Crippen LogP contribution in [0.1, 0.15) is 15.9 Å². The summed E-state index contributed by atoms with van der Waals surface area (Å²) in [5, 5.41) is 12.8. The summed E-state index contributed by atoms with van der Waals surface area (Å²) in [4.78, 5) is 15.5. The van der Waals surface area contributed by atoms with Crippen LogP contribution in [0.2, 0.25) is 0 Å². The maximum absolute atomic E-state index is 12.2. The Hall–Kier alpha value is -3.26. The molecular formula is C19H15N3O2. The summed E-state index contributed by atoms with van der Waals surface area (Å²) >= 11 is 0. The zero-order valence-corrected chi connectivity index (χ0v) is 12.9. The zero-order valence-electron chi connectivity index (χ0n) is 12.9. The first kappa shape index (κ1) is 14.3. The minimum absolute atomic E-state index is 0.117. The number of carbonyl (C=O) groups is 1. The largest absolute Gasteiger partial charge is 0.491 e. The predicted molar refractivity (Wildman–Crippen MR) is 90.9 cm³/mol. The molecular weight excluding hydrogens is 302 g/mol. The van der Waals surface area contributed by atoms with Crippen LogP contribution in [0.3, 0.4) is 0 Å². The van der Waals surface area contributed by atoms with Crippen LogP contribution in [0.5, 0.6) is 5.75 Å². The van der Waals surface area contributed by atoms with Crippen molar-refractivity contribution in [3.63, 3.8) is 0 Å². The fraction of sp³-hybridized carbons (Fsp3) is 0.158. The molecule has 1 aromatic heterocycles. The van der Waals surface area contributed by atoms with Crippen molar-refractivity contribution in [3.05, 3.63) is 53.7 Å². The van der Waals surface area contributed by atoms with Gasteiger partial charge in [0, 0.05) is 17.1 Å². The number of aromatic nitrogens is 1. The van der Waals surface area contributed by atoms with Gasteiger partial charge in [-0.25, -0.2) is 0 Å². The van der Waals surface area contributed by atoms with Gasteiger partial charge in [0.15, 0.2) is 0 Å². The average molecular weight is 317 g/mol. The number of hydrogen-bond acceptors (Lipinski definition) is 3. The maximum atomic E-state index is 12.2. The van der Waals surface area contributed by atoms with Crippen LogP contribution in [0.4, 0.5) is 0 Å². The Morgan fingerprint density at radius 1 is 1.21 bits per heavy atom. The van der Waals surface area contributed by atoms with E-state index in [1.807, 2.05) is 42.6 Å². The van der Waals surface area contributed by atoms with E-state index in [2.05, 4.69) is 16.4 Å². The Kier molecular flexibility index (Phi) is 3.43. The predicted octanol–water partition coefficient (Wildman–Crippen LogP) is 3.02. The highest BCUT2D eigenvalue weighted by atomic mass is 16.5. The van der Waals surface area contributed by atoms with Crippen molar-refractivity contribution >= 4 is 16.8 Å². The van der Waals surface area contributed by atoms with Gasteiger partial charge in [-0.05, 0) is 23.3 Å². The molecule has 0 unspecified atom stereocenters. The second-order valence-electron chi connectivity index (χ2n) is 5.69. The molecule has 1 amide bonds. The first-order chi connectivity index (χ1) is 11.8. The Labute approximate surface area is 138 Å². The van der Waals surface area contributed by atoms with Crippen LogP contribution >= 0.6 is 0 Å². The van der Waals surface area contributed by atoms with E-state index in [9.17, 15) is 4.79 Å². The molecule has 4 rings (SSSR count). The van der Waals surface area contributed by atoms with E-state index in [-0.39, 0.29) is 5.91 Å². The van der Waals surface area contributed by atoms with Crippen LogP contribution in [0.25, 0.3) is 22.0 Å². The van der Waals surface area contributed by atoms with E-state index < -0.39 is 0 Å². The van der Waals surface area contributed by atoms with Crippen molar-refractivity contribution in [2.24, 2.45) is 0 Å². The second kappa shape index (κ2) is 5.74. The summed E-state index contributed by atoms with van der Waals surface area (Å²) in [7, 11) is 0. The van der Waals surface area contributed by atoms with E-state index in [0.29, 0.717) is 30.9 Å². The SMILES string of the molecule is N#CCc1c[nH]c2c(-c3ccc4c(c3)C(=O)NCCO4)cccc12. The van der Waals surface area contributed by atoms with Crippen LogP contribution < -0.4 is 10.1 Å². The summed E-state index contributed by atoms with van der Waals surface area (Å²) in [5.41, 5.74) is 4.43. The van der Waals surface area contributed by atoms with Crippen molar-refractivity contribution < 1.29 is 9.53 Å². The molecule has 3 aromatic rings. The van der Waals surface area contributed by atoms with Gasteiger partial charge in [0.1, 0.15) is 12.4 Å². The fourth-order valence-electron chi connectivity index (χ4n) is 3.11. The van der Waals surface area contributed by atoms with Crippen LogP contribution in [-0.4, -0.2) is 24.0 Å². The van der Waals surface area contributed by atoms with Gasteiger partial charge in [-0.2, -0.15) is 5.26 Å². The molecule has 0 fully saturated rings. The molecule has 2 N–H and O–H groups in total. The third-order valence-electron chi connectivity index (χ3n) is 4.25. The lowest BCUT2D eigenvalue weighted by Gasteiger charge is -2.09. The molecule has 5 heteroatoms. The Morgan fingerprint density at radius 2 is 2.12 bits per heavy atom. The summed E-state index contributed by atoms with van der Waals surface area (Å²) in [6.07, 6.45) is 2.24. The standard InChI is InChI=1S/C19H15N3O2/c20-7-6-13-11-22-18-14(2-1-3-15(13)18)12-4-5-17-16(10-12)19(23)21-8-9-24-17/h1-5,10-11,22H,6,8-9H2,(H,21,23). The highest BCUT2D eigenvalue weighted by molar-refractivity contribution is 6.01. The number of carbonyl (C=O) groups excluding carboxylic acids is 1. The average Bonchev–Trinajstić information content (AvgIpc) is 2.92. The molecule has 0 radical (unpaired) electrons. The number of ether oxygens (including phenoxy) is 1. The number of H-pyrrole nitrogens is 1. The van der Waals surface area contributed by atoms with Crippen molar-refractivity contribution in [3.8, 4) is 22.9 Å². The van der Waals surface area contributed by atoms with Crippen molar-refractivity contribution in [2.75, 3.05) is 13.2 Å². The van der Waals surface area contributed by atoms with Crippen molar-refractivity contribution in [1.29, 1.82) is 5.26 Å². The summed E-state index contributed by atoms with van der Waals surface area (Å²) < 4.78 is 5.61. The van der Waals surface area contributed by atoms with E-state index >= 15 is 0 Å². The lowest BCUT2D eigenvalue weighted by atomic mass is 9.99. The summed E-state index contributed by atoms with van der Waals surface area (Å²) in [6.45, 7) is 0.981. The van der Waals surface area contributed by atoms with Gasteiger partial charge in [-0.3, -0.25) is 4.79 Å². The number of amides is 1. The molecule has 0 aliphatic carbocycles. The molecule has 2 aromatic carbocycles. The number of nitriles is 1. The second-order valence-corrected chi connectivity index (χ2v) is 5.69. The Bertz CT molecular complexity index is 982. The summed E-state index contributed by atoms with van der Waals surface area (Å²) in [5.74, 6) is 0.491. The number of nitrogens with one attached hydrogen (secondary N) is 2. The first-order valence-electron chi connectivity index (χ1n) is 7.79. The molecule has 0 bridgehead atoms. The number of hydrogen-bond donors (Lipinski definition) is 2. The van der Waals surface area contributed by atoms with Gasteiger partial charge in [0.25, 0.3) is 5.91 Å². The van der Waals surface area contributed by atoms with Crippen molar-refractivity contribution in [2.45, 2.75) is 6.42 Å². The third kappa shape index (κ3) is 2.29. The van der Waals surface area contributed by atoms with E-state index in [0.717, 1.165) is 27.6 Å². The fourth-order valence-corrected chi connectivity index (χ4v) is 3.11. The van der Waals surface area contributed by atoms with E-state index in [4.69, 9.17) is 10.00 Å². The molecule has 2 heterocycles. The first-order valence-corrected chi connectivity index (χ1v) is 7.79. The van der Waals surface area contributed by atoms with Crippen LogP contribution in [0, 0.1) is 11.3 Å². The highest BCUT2D eigenvalue weighted by Gasteiger charge is 2.18. The number of rotatable bonds is 2. The van der Waals surface area contributed by atoms with Gasteiger partial charge in [-0.15, -0.1) is 0 Å². The third-order valence-corrected chi connectivity index (χ3v) is 4.25. The minimum atomic E-state index is -0.117. The molecule has 1 aliphatic rings. The van der Waals surface area contributed by atoms with Gasteiger partial charge in [0.05, 0.1) is 30.1 Å². The monoisotopic (exact) mass is 317 g/mol. The van der Waals surface area contributed by atoms with Gasteiger partial charge < -0.3 is 15.0 Å². The smallest absolute Gasteiger partial charge is 0.255 e. The number of fused-ring (bicyclic) bond motifs is 2. The molecule has 1 aliphatic heterocycles. The lowest BCUT2D eigenvalue weighted by molar-refractivity contribution is 0.0957. The number of benzene rings is 2. The maximum Gasteiger partial charge on any atom is 0.255 e. The highest BCUT2D eigenvalue weighted by Crippen LogP contribution is 2.33. The molecule has 118 valence electrons. The molecule has 0 saturated heterocycles. The number of aromatic amines is 1. The Morgan fingerprint density at radius 3 is 3.00 bits per heavy atom. The zero-order chi connectivity index (χ0) is 16.5. The molecule has 0 saturated carbocycles. The molecule has 0 spiro atoms. The van der Waals surface area contributed by atoms with Gasteiger partial charge >= 0.3 is 0 Å². The minimum Gasteiger partial charge on any atom is -0.491 e. The van der Waals surface area contributed by atoms with Gasteiger partial charge in [0.2, 0.25) is 0 Å². The van der Waals surface area contributed by atoms with Crippen LogP contribution in [-0.2, 0) is 6.42 Å². The molecule has 24 heavy (non-hydrogen) atoms. The van der Waals surface area contributed by atoms with Crippen molar-refractivity contribution in [1.82, 2.24) is 10.3 Å². The van der Waals surface area contributed by atoms with Crippen LogP contribution in [0.15, 0.2) is 42.6 Å². The number of para-hydroxylation sites is 1. The van der Waals surface area contributed by atoms with Gasteiger partial charge in [-0.1, -0.05) is 24.3 Å². The number of nitrogens with zero attached hydrogens (tertiary/aromatic N) is 1. The molecule has 5 nitrogen and oxygen atoms in total. The quantitative estimate of drug-likeness (QED) is 0.762. The lowest BCUT2D eigenvalue weighted by Crippen LogP contribution is -2.24. The molecule has 0 atom stereocenters. The summed E-state index contributed by atoms with van der Waals surface area (Å²) in [6, 6.07) is 13.8. The van der Waals surface area contributed by atoms with E-state index in [1.165, 1.54) is 0 Å². The Balaban J connectivity index is 1.87. The normalized spacial score (nSPS) is 13.5. The van der Waals surface area contributed by atoms with E-state index in [1.54, 1.807) is 0 Å². The topological polar surface area (TPSA) is 77.9 Å².